The molecule has 2 heterocycles. The lowest BCUT2D eigenvalue weighted by Crippen LogP contribution is -2.44. The first-order chi connectivity index (χ1) is 17.0. The van der Waals surface area contributed by atoms with Crippen molar-refractivity contribution in [2.45, 2.75) is 38.4 Å². The van der Waals surface area contributed by atoms with Gasteiger partial charge in [0.25, 0.3) is 5.91 Å². The van der Waals surface area contributed by atoms with Crippen LogP contribution < -0.4 is 15.4 Å². The molecular formula is C27H34FN3O4. The molecule has 1 saturated heterocycles. The molecule has 8 heteroatoms. The summed E-state index contributed by atoms with van der Waals surface area (Å²) in [5, 5.41) is 5.70. The van der Waals surface area contributed by atoms with Crippen molar-refractivity contribution in [1.82, 2.24) is 15.5 Å². The van der Waals surface area contributed by atoms with Crippen LogP contribution in [0.5, 0.6) is 5.75 Å². The van der Waals surface area contributed by atoms with E-state index < -0.39 is 0 Å². The minimum atomic E-state index is -0.352. The Hall–Kier alpha value is -2.97. The van der Waals surface area contributed by atoms with Gasteiger partial charge in [-0.2, -0.15) is 0 Å². The molecule has 35 heavy (non-hydrogen) atoms. The Kier molecular flexibility index (Phi) is 8.36. The predicted molar refractivity (Wildman–Crippen MR) is 131 cm³/mol. The van der Waals surface area contributed by atoms with Crippen molar-refractivity contribution in [2.75, 3.05) is 39.8 Å². The van der Waals surface area contributed by atoms with Crippen molar-refractivity contribution in [3.8, 4) is 5.75 Å². The van der Waals surface area contributed by atoms with Gasteiger partial charge in [-0.25, -0.2) is 4.39 Å². The van der Waals surface area contributed by atoms with Gasteiger partial charge < -0.3 is 25.0 Å². The average Bonchev–Trinajstić information content (AvgIpc) is 2.87. The van der Waals surface area contributed by atoms with Gasteiger partial charge in [-0.05, 0) is 74.2 Å². The first-order valence-electron chi connectivity index (χ1n) is 12.2. The van der Waals surface area contributed by atoms with E-state index in [1.807, 2.05) is 6.07 Å². The van der Waals surface area contributed by atoms with E-state index in [-0.39, 0.29) is 23.9 Å². The minimum absolute atomic E-state index is 0.0666. The lowest BCUT2D eigenvalue weighted by atomic mass is 9.83. The lowest BCUT2D eigenvalue weighted by Gasteiger charge is -2.41. The van der Waals surface area contributed by atoms with Crippen LogP contribution in [0.25, 0.3) is 0 Å². The van der Waals surface area contributed by atoms with E-state index in [1.54, 1.807) is 7.11 Å². The van der Waals surface area contributed by atoms with E-state index in [2.05, 4.69) is 28.5 Å². The Morgan fingerprint density at radius 1 is 1.20 bits per heavy atom. The smallest absolute Gasteiger partial charge is 0.251 e. The van der Waals surface area contributed by atoms with Crippen molar-refractivity contribution < 1.29 is 23.5 Å². The van der Waals surface area contributed by atoms with Crippen LogP contribution >= 0.6 is 0 Å². The Morgan fingerprint density at radius 2 is 1.94 bits per heavy atom. The Bertz CT molecular complexity index is 1020. The van der Waals surface area contributed by atoms with E-state index in [9.17, 15) is 14.0 Å². The monoisotopic (exact) mass is 483 g/mol. The number of aryl methyl sites for hydroxylation is 1. The highest BCUT2D eigenvalue weighted by Gasteiger charge is 2.36. The van der Waals surface area contributed by atoms with Gasteiger partial charge in [-0.1, -0.05) is 12.1 Å². The number of benzene rings is 2. The lowest BCUT2D eigenvalue weighted by molar-refractivity contribution is -0.111. The van der Waals surface area contributed by atoms with Crippen molar-refractivity contribution in [3.63, 3.8) is 0 Å². The second-order valence-corrected chi connectivity index (χ2v) is 9.32. The fourth-order valence-electron chi connectivity index (χ4n) is 5.26. The van der Waals surface area contributed by atoms with Crippen molar-refractivity contribution in [1.29, 1.82) is 0 Å². The first kappa shape index (κ1) is 25.1. The number of piperidine rings is 1. The summed E-state index contributed by atoms with van der Waals surface area (Å²) < 4.78 is 25.3. The molecule has 0 radical (unpaired) electrons. The maximum absolute atomic E-state index is 13.0. The molecule has 2 N–H and O–H groups in total. The van der Waals surface area contributed by atoms with E-state index >= 15 is 0 Å². The molecule has 1 fully saturated rings. The highest BCUT2D eigenvalue weighted by Crippen LogP contribution is 2.40. The summed E-state index contributed by atoms with van der Waals surface area (Å²) >= 11 is 0. The number of rotatable bonds is 9. The summed E-state index contributed by atoms with van der Waals surface area (Å²) in [6, 6.07) is 9.70. The number of methoxy groups -OCH3 is 1. The van der Waals surface area contributed by atoms with Crippen LogP contribution in [0.15, 0.2) is 36.4 Å². The summed E-state index contributed by atoms with van der Waals surface area (Å²) in [6.45, 7) is 5.68. The highest BCUT2D eigenvalue weighted by atomic mass is 19.1. The molecule has 0 saturated carbocycles. The van der Waals surface area contributed by atoms with Gasteiger partial charge in [0.2, 0.25) is 6.41 Å². The molecule has 2 unspecified atom stereocenters. The van der Waals surface area contributed by atoms with Gasteiger partial charge in [0.05, 0.1) is 13.2 Å². The number of fused-ring (bicyclic) bond motifs is 1. The quantitative estimate of drug-likeness (QED) is 0.536. The molecule has 0 bridgehead atoms. The van der Waals surface area contributed by atoms with Crippen LogP contribution in [-0.2, 0) is 16.0 Å². The number of likely N-dealkylation sites (tertiary alicyclic amines) is 1. The number of ether oxygens (including phenoxy) is 2. The molecule has 0 spiro atoms. The van der Waals surface area contributed by atoms with Crippen LogP contribution in [0.1, 0.15) is 46.0 Å². The van der Waals surface area contributed by atoms with Crippen LogP contribution in [0.4, 0.5) is 4.39 Å². The SMILES string of the molecule is COc1c(C)ccc2c1CC(C1CCN(CCNC(=O)c3ccc(F)cc3)CC1)OC2CNC=O. The Labute approximate surface area is 206 Å². The number of halogens is 1. The zero-order chi connectivity index (χ0) is 24.8. The summed E-state index contributed by atoms with van der Waals surface area (Å²) in [6.07, 6.45) is 3.41. The third-order valence-corrected chi connectivity index (χ3v) is 7.15. The predicted octanol–water partition coefficient (Wildman–Crippen LogP) is 3.01. The fraction of sp³-hybridized carbons (Fsp3) is 0.481. The number of carbonyl (C=O) groups is 2. The molecule has 2 aliphatic heterocycles. The molecule has 2 aliphatic rings. The van der Waals surface area contributed by atoms with Crippen molar-refractivity contribution in [3.05, 3.63) is 64.5 Å². The van der Waals surface area contributed by atoms with Gasteiger partial charge in [0.15, 0.2) is 0 Å². The van der Waals surface area contributed by atoms with Crippen LogP contribution in [0.2, 0.25) is 0 Å². The third kappa shape index (κ3) is 6.00. The molecule has 188 valence electrons. The van der Waals surface area contributed by atoms with Gasteiger partial charge >= 0.3 is 0 Å². The largest absolute Gasteiger partial charge is 0.496 e. The molecule has 7 nitrogen and oxygen atoms in total. The number of nitrogens with one attached hydrogen (secondary N) is 2. The topological polar surface area (TPSA) is 79.9 Å². The van der Waals surface area contributed by atoms with Crippen LogP contribution in [-0.4, -0.2) is 63.2 Å². The molecule has 2 aromatic carbocycles. The summed E-state index contributed by atoms with van der Waals surface area (Å²) in [5.41, 5.74) is 3.84. The van der Waals surface area contributed by atoms with E-state index in [0.29, 0.717) is 31.0 Å². The Balaban J connectivity index is 1.31. The zero-order valence-corrected chi connectivity index (χ0v) is 20.4. The molecule has 2 atom stereocenters. The summed E-state index contributed by atoms with van der Waals surface area (Å²) in [4.78, 5) is 25.5. The van der Waals surface area contributed by atoms with E-state index in [1.165, 1.54) is 29.8 Å². The number of hydrogen-bond acceptors (Lipinski definition) is 5. The number of carbonyl (C=O) groups excluding carboxylic acids is 2. The van der Waals surface area contributed by atoms with Gasteiger partial charge in [0.1, 0.15) is 17.7 Å². The number of hydrogen-bond donors (Lipinski definition) is 2. The molecule has 4 rings (SSSR count). The second-order valence-electron chi connectivity index (χ2n) is 9.32. The molecular weight excluding hydrogens is 449 g/mol. The normalized spacial score (nSPS) is 20.7. The maximum Gasteiger partial charge on any atom is 0.251 e. The fourth-order valence-corrected chi connectivity index (χ4v) is 5.26. The minimum Gasteiger partial charge on any atom is -0.496 e. The number of amides is 2. The first-order valence-corrected chi connectivity index (χ1v) is 12.2. The van der Waals surface area contributed by atoms with Crippen molar-refractivity contribution >= 4 is 12.3 Å². The van der Waals surface area contributed by atoms with Crippen molar-refractivity contribution in [2.24, 2.45) is 5.92 Å². The van der Waals surface area contributed by atoms with E-state index in [0.717, 1.165) is 55.8 Å². The molecule has 2 aromatic rings. The standard InChI is InChI=1S/C27H34FN3O4/c1-18-3-8-22-23(26(18)34-2)15-24(35-25(22)16-29-17-32)19-9-12-31(13-10-19)14-11-30-27(33)20-4-6-21(28)7-5-20/h3-8,17,19,24-25H,9-16H2,1-2H3,(H,29,32)(H,30,33). The third-order valence-electron chi connectivity index (χ3n) is 7.15. The van der Waals surface area contributed by atoms with Gasteiger partial charge in [-0.15, -0.1) is 0 Å². The van der Waals surface area contributed by atoms with Crippen LogP contribution in [0.3, 0.4) is 0 Å². The van der Waals surface area contributed by atoms with Gasteiger partial charge in [-0.3, -0.25) is 9.59 Å². The maximum atomic E-state index is 13.0. The molecule has 0 aromatic heterocycles. The number of nitrogens with zero attached hydrogens (tertiary/aromatic N) is 1. The highest BCUT2D eigenvalue weighted by molar-refractivity contribution is 5.94. The average molecular weight is 484 g/mol. The summed E-state index contributed by atoms with van der Waals surface area (Å²) in [5.74, 6) is 0.793. The Morgan fingerprint density at radius 3 is 2.63 bits per heavy atom. The molecule has 2 amide bonds. The summed E-state index contributed by atoms with van der Waals surface area (Å²) in [7, 11) is 1.71. The zero-order valence-electron chi connectivity index (χ0n) is 20.4. The second kappa shape index (κ2) is 11.6. The van der Waals surface area contributed by atoms with E-state index in [4.69, 9.17) is 9.47 Å². The van der Waals surface area contributed by atoms with Gasteiger partial charge in [0, 0.05) is 37.2 Å². The molecule has 0 aliphatic carbocycles. The van der Waals surface area contributed by atoms with Crippen LogP contribution in [0, 0.1) is 18.7 Å².